The summed E-state index contributed by atoms with van der Waals surface area (Å²) in [5.41, 5.74) is 1.38. The summed E-state index contributed by atoms with van der Waals surface area (Å²) >= 11 is 5.87. The highest BCUT2D eigenvalue weighted by atomic mass is 35.5. The first-order valence-electron chi connectivity index (χ1n) is 8.60. The first-order chi connectivity index (χ1) is 12.5. The molecule has 0 saturated carbocycles. The molecule has 2 amide bonds. The van der Waals surface area contributed by atoms with Gasteiger partial charge in [0.2, 0.25) is 5.91 Å². The average Bonchev–Trinajstić information content (AvgIpc) is 2.90. The van der Waals surface area contributed by atoms with Crippen molar-refractivity contribution in [2.45, 2.75) is 12.8 Å². The van der Waals surface area contributed by atoms with Crippen molar-refractivity contribution < 1.29 is 14.0 Å². The number of nitrogens with zero attached hydrogens (tertiary/aromatic N) is 2. The summed E-state index contributed by atoms with van der Waals surface area (Å²) in [6.45, 7) is 2.18. The van der Waals surface area contributed by atoms with Crippen LogP contribution in [0.15, 0.2) is 48.5 Å². The minimum Gasteiger partial charge on any atom is -0.341 e. The van der Waals surface area contributed by atoms with Gasteiger partial charge in [-0.3, -0.25) is 9.59 Å². The molecule has 26 heavy (non-hydrogen) atoms. The lowest BCUT2D eigenvalue weighted by Gasteiger charge is -2.22. The number of halogens is 2. The van der Waals surface area contributed by atoms with Crippen LogP contribution < -0.4 is 0 Å². The van der Waals surface area contributed by atoms with Crippen molar-refractivity contribution >= 4 is 23.4 Å². The molecule has 1 aliphatic heterocycles. The topological polar surface area (TPSA) is 40.6 Å². The van der Waals surface area contributed by atoms with Gasteiger partial charge in [0.05, 0.1) is 6.42 Å². The molecule has 2 aromatic carbocycles. The second kappa shape index (κ2) is 8.32. The Bertz CT molecular complexity index is 777. The van der Waals surface area contributed by atoms with Gasteiger partial charge in [0, 0.05) is 36.8 Å². The van der Waals surface area contributed by atoms with Gasteiger partial charge in [-0.1, -0.05) is 23.7 Å². The first kappa shape index (κ1) is 18.4. The molecule has 4 nitrogen and oxygen atoms in total. The van der Waals surface area contributed by atoms with Gasteiger partial charge in [-0.15, -0.1) is 0 Å². The van der Waals surface area contributed by atoms with E-state index in [0.717, 1.165) is 12.0 Å². The van der Waals surface area contributed by atoms with E-state index in [0.29, 0.717) is 43.2 Å². The van der Waals surface area contributed by atoms with Crippen LogP contribution in [-0.4, -0.2) is 47.8 Å². The van der Waals surface area contributed by atoms with Gasteiger partial charge in [0.25, 0.3) is 5.91 Å². The van der Waals surface area contributed by atoms with E-state index < -0.39 is 0 Å². The fourth-order valence-corrected chi connectivity index (χ4v) is 3.16. The largest absolute Gasteiger partial charge is 0.341 e. The van der Waals surface area contributed by atoms with Crippen LogP contribution in [0, 0.1) is 5.82 Å². The first-order valence-corrected chi connectivity index (χ1v) is 8.98. The lowest BCUT2D eigenvalue weighted by atomic mass is 10.1. The number of hydrogen-bond donors (Lipinski definition) is 0. The summed E-state index contributed by atoms with van der Waals surface area (Å²) < 4.78 is 13.0. The van der Waals surface area contributed by atoms with Gasteiger partial charge < -0.3 is 9.80 Å². The van der Waals surface area contributed by atoms with Gasteiger partial charge in [-0.25, -0.2) is 4.39 Å². The minimum atomic E-state index is -0.364. The monoisotopic (exact) mass is 374 g/mol. The molecule has 0 bridgehead atoms. The Hall–Kier alpha value is -2.40. The van der Waals surface area contributed by atoms with Crippen molar-refractivity contribution in [1.29, 1.82) is 0 Å². The van der Waals surface area contributed by atoms with Gasteiger partial charge >= 0.3 is 0 Å². The van der Waals surface area contributed by atoms with Gasteiger partial charge in [0.15, 0.2) is 0 Å². The van der Waals surface area contributed by atoms with E-state index in [1.165, 1.54) is 24.3 Å². The Labute approximate surface area is 157 Å². The molecule has 1 heterocycles. The van der Waals surface area contributed by atoms with Crippen LogP contribution in [0.5, 0.6) is 0 Å². The van der Waals surface area contributed by atoms with Crippen molar-refractivity contribution in [1.82, 2.24) is 9.80 Å². The lowest BCUT2D eigenvalue weighted by Crippen LogP contribution is -2.38. The quantitative estimate of drug-likeness (QED) is 0.826. The van der Waals surface area contributed by atoms with Crippen molar-refractivity contribution in [3.05, 3.63) is 70.5 Å². The molecule has 2 aromatic rings. The summed E-state index contributed by atoms with van der Waals surface area (Å²) in [7, 11) is 0. The molecular formula is C20H20ClFN2O2. The number of hydrogen-bond acceptors (Lipinski definition) is 2. The predicted octanol–water partition coefficient (Wildman–Crippen LogP) is 3.40. The zero-order valence-corrected chi connectivity index (χ0v) is 15.1. The third-order valence-electron chi connectivity index (χ3n) is 4.50. The second-order valence-electron chi connectivity index (χ2n) is 6.34. The summed E-state index contributed by atoms with van der Waals surface area (Å²) in [5.74, 6) is -0.447. The van der Waals surface area contributed by atoms with Gasteiger partial charge in [-0.05, 0) is 48.4 Å². The molecule has 0 atom stereocenters. The van der Waals surface area contributed by atoms with E-state index in [4.69, 9.17) is 11.6 Å². The number of benzene rings is 2. The molecule has 0 N–H and O–H groups in total. The van der Waals surface area contributed by atoms with E-state index in [1.54, 1.807) is 21.9 Å². The highest BCUT2D eigenvalue weighted by Gasteiger charge is 2.22. The summed E-state index contributed by atoms with van der Waals surface area (Å²) in [5, 5.41) is 0.644. The third-order valence-corrected chi connectivity index (χ3v) is 4.75. The van der Waals surface area contributed by atoms with E-state index in [2.05, 4.69) is 0 Å². The van der Waals surface area contributed by atoms with Gasteiger partial charge in [0.1, 0.15) is 5.82 Å². The van der Waals surface area contributed by atoms with E-state index in [1.807, 2.05) is 12.1 Å². The molecule has 0 aromatic heterocycles. The minimum absolute atomic E-state index is 0.0448. The number of rotatable bonds is 3. The fraction of sp³-hybridized carbons (Fsp3) is 0.300. The smallest absolute Gasteiger partial charge is 0.253 e. The Kier molecular flexibility index (Phi) is 5.89. The maximum absolute atomic E-state index is 13.0. The Morgan fingerprint density at radius 1 is 0.885 bits per heavy atom. The standard InChI is InChI=1S/C20H20ClFN2O2/c21-17-6-2-15(3-7-17)14-19(25)23-10-1-11-24(13-12-23)20(26)16-4-8-18(22)9-5-16/h2-9H,1,10-14H2. The highest BCUT2D eigenvalue weighted by molar-refractivity contribution is 6.30. The van der Waals surface area contributed by atoms with Crippen LogP contribution in [0.4, 0.5) is 4.39 Å². The maximum Gasteiger partial charge on any atom is 0.253 e. The van der Waals surface area contributed by atoms with Crippen LogP contribution in [0.1, 0.15) is 22.3 Å². The predicted molar refractivity (Wildman–Crippen MR) is 98.7 cm³/mol. The zero-order chi connectivity index (χ0) is 18.5. The maximum atomic E-state index is 13.0. The van der Waals surface area contributed by atoms with E-state index in [9.17, 15) is 14.0 Å². The molecule has 1 fully saturated rings. The summed E-state index contributed by atoms with van der Waals surface area (Å²) in [6.07, 6.45) is 1.04. The molecule has 0 radical (unpaired) electrons. The van der Waals surface area contributed by atoms with E-state index >= 15 is 0 Å². The lowest BCUT2D eigenvalue weighted by molar-refractivity contribution is -0.130. The highest BCUT2D eigenvalue weighted by Crippen LogP contribution is 2.13. The number of carbonyl (C=O) groups is 2. The Balaban J connectivity index is 1.58. The molecule has 1 saturated heterocycles. The van der Waals surface area contributed by atoms with Crippen LogP contribution in [0.3, 0.4) is 0 Å². The Morgan fingerprint density at radius 3 is 2.19 bits per heavy atom. The van der Waals surface area contributed by atoms with Crippen LogP contribution in [0.25, 0.3) is 0 Å². The number of carbonyl (C=O) groups excluding carboxylic acids is 2. The number of amides is 2. The molecule has 0 unspecified atom stereocenters. The fourth-order valence-electron chi connectivity index (χ4n) is 3.03. The van der Waals surface area contributed by atoms with Crippen LogP contribution in [-0.2, 0) is 11.2 Å². The third kappa shape index (κ3) is 4.61. The van der Waals surface area contributed by atoms with Gasteiger partial charge in [-0.2, -0.15) is 0 Å². The molecule has 6 heteroatoms. The molecule has 0 spiro atoms. The SMILES string of the molecule is O=C(Cc1ccc(Cl)cc1)N1CCCN(C(=O)c2ccc(F)cc2)CC1. The van der Waals surface area contributed by atoms with Crippen molar-refractivity contribution in [3.8, 4) is 0 Å². The molecule has 0 aliphatic carbocycles. The van der Waals surface area contributed by atoms with Crippen LogP contribution in [0.2, 0.25) is 5.02 Å². The molecule has 136 valence electrons. The van der Waals surface area contributed by atoms with Crippen LogP contribution >= 0.6 is 11.6 Å². The summed E-state index contributed by atoms with van der Waals surface area (Å²) in [4.78, 5) is 28.6. The summed E-state index contributed by atoms with van der Waals surface area (Å²) in [6, 6.07) is 12.8. The second-order valence-corrected chi connectivity index (χ2v) is 6.77. The molecule has 3 rings (SSSR count). The van der Waals surface area contributed by atoms with Crippen molar-refractivity contribution in [3.63, 3.8) is 0 Å². The zero-order valence-electron chi connectivity index (χ0n) is 14.3. The normalized spacial score (nSPS) is 14.8. The van der Waals surface area contributed by atoms with E-state index in [-0.39, 0.29) is 17.6 Å². The Morgan fingerprint density at radius 2 is 1.50 bits per heavy atom. The van der Waals surface area contributed by atoms with Crippen molar-refractivity contribution in [2.75, 3.05) is 26.2 Å². The average molecular weight is 375 g/mol. The molecular weight excluding hydrogens is 355 g/mol. The molecule has 1 aliphatic rings. The van der Waals surface area contributed by atoms with Crippen molar-refractivity contribution in [2.24, 2.45) is 0 Å².